The fourth-order valence-corrected chi connectivity index (χ4v) is 5.03. The van der Waals surface area contributed by atoms with Crippen LogP contribution >= 0.6 is 0 Å². The standard InChI is InChI=1S/C15H26NO.C6H5O.Sc/c1-16-10-13-8-15(17,9-14(13)11-16)7-12-5-3-2-4-6-12;7-6-4-2-1-3-5-6;/h12-14,17H,1-11H2;2-5,7H;/q2*-1;/t13-,14+,15?;;. The Morgan fingerprint density at radius 3 is 2.12 bits per heavy atom. The van der Waals surface area contributed by atoms with E-state index < -0.39 is 0 Å². The van der Waals surface area contributed by atoms with Crippen LogP contribution in [0.2, 0.25) is 0 Å². The van der Waals surface area contributed by atoms with Crippen molar-refractivity contribution in [1.29, 1.82) is 0 Å². The summed E-state index contributed by atoms with van der Waals surface area (Å²) >= 11 is 0. The van der Waals surface area contributed by atoms with Gasteiger partial charge >= 0.3 is 0 Å². The smallest absolute Gasteiger partial charge is 0.0656 e. The third-order valence-electron chi connectivity index (χ3n) is 6.03. The molecule has 1 aromatic rings. The number of nitrogens with zero attached hydrogens (tertiary/aromatic N) is 1. The molecule has 3 atom stereocenters. The first-order valence-corrected chi connectivity index (χ1v) is 9.47. The van der Waals surface area contributed by atoms with Gasteiger partial charge in [-0.15, -0.1) is 12.1 Å². The number of aromatic hydroxyl groups is 1. The number of benzene rings is 1. The van der Waals surface area contributed by atoms with Crippen LogP contribution in [0.5, 0.6) is 5.75 Å². The molecule has 2 aliphatic carbocycles. The molecule has 0 amide bonds. The van der Waals surface area contributed by atoms with Crippen LogP contribution in [-0.2, 0) is 25.8 Å². The Bertz CT molecular complexity index is 490. The number of phenols is 1. The first-order valence-electron chi connectivity index (χ1n) is 9.47. The van der Waals surface area contributed by atoms with Gasteiger partial charge in [-0.3, -0.25) is 7.05 Å². The zero-order valence-corrected chi connectivity index (χ0v) is 17.0. The minimum Gasteiger partial charge on any atom is -0.533 e. The average molecular weight is 374 g/mol. The van der Waals surface area contributed by atoms with Crippen molar-refractivity contribution in [2.75, 3.05) is 13.1 Å². The second-order valence-electron chi connectivity index (χ2n) is 8.16. The van der Waals surface area contributed by atoms with Gasteiger partial charge in [-0.1, -0.05) is 32.1 Å². The Hall–Kier alpha value is -0.190. The number of aliphatic hydroxyl groups is 1. The average Bonchev–Trinajstić information content (AvgIpc) is 3.02. The zero-order valence-electron chi connectivity index (χ0n) is 15.2. The van der Waals surface area contributed by atoms with Crippen LogP contribution in [0.15, 0.2) is 24.3 Å². The summed E-state index contributed by atoms with van der Waals surface area (Å²) in [5.74, 6) is 2.55. The molecule has 1 aromatic carbocycles. The predicted octanol–water partition coefficient (Wildman–Crippen LogP) is 4.01. The first-order chi connectivity index (χ1) is 11.5. The van der Waals surface area contributed by atoms with Crippen LogP contribution in [0.3, 0.4) is 0 Å². The number of hydrogen-bond acceptors (Lipinski definition) is 3. The topological polar surface area (TPSA) is 43.7 Å². The van der Waals surface area contributed by atoms with Crippen LogP contribution < -0.4 is 0 Å². The van der Waals surface area contributed by atoms with Gasteiger partial charge in [0.1, 0.15) is 0 Å². The van der Waals surface area contributed by atoms with Crippen LogP contribution in [-0.4, -0.2) is 33.8 Å². The van der Waals surface area contributed by atoms with Crippen molar-refractivity contribution in [3.05, 3.63) is 37.4 Å². The van der Waals surface area contributed by atoms with E-state index in [0.29, 0.717) is 5.75 Å². The maximum atomic E-state index is 10.8. The van der Waals surface area contributed by atoms with Gasteiger partial charge in [0.2, 0.25) is 0 Å². The fourth-order valence-electron chi connectivity index (χ4n) is 5.03. The van der Waals surface area contributed by atoms with Crippen molar-refractivity contribution in [3.63, 3.8) is 0 Å². The van der Waals surface area contributed by atoms with E-state index in [-0.39, 0.29) is 31.4 Å². The largest absolute Gasteiger partial charge is 0.533 e. The van der Waals surface area contributed by atoms with Crippen molar-refractivity contribution >= 4 is 0 Å². The van der Waals surface area contributed by atoms with Crippen molar-refractivity contribution in [2.45, 2.75) is 57.0 Å². The molecule has 0 aromatic heterocycles. The molecule has 1 heterocycles. The van der Waals surface area contributed by atoms with Gasteiger partial charge in [0.15, 0.2) is 0 Å². The van der Waals surface area contributed by atoms with Crippen molar-refractivity contribution in [1.82, 2.24) is 4.90 Å². The van der Waals surface area contributed by atoms with Gasteiger partial charge in [-0.05, 0) is 50.1 Å². The Balaban J connectivity index is 0.000000240. The second-order valence-corrected chi connectivity index (χ2v) is 8.16. The van der Waals surface area contributed by atoms with Gasteiger partial charge in [0, 0.05) is 31.6 Å². The third-order valence-corrected chi connectivity index (χ3v) is 6.03. The van der Waals surface area contributed by atoms with Crippen LogP contribution in [0, 0.1) is 30.9 Å². The second kappa shape index (κ2) is 9.66. The van der Waals surface area contributed by atoms with E-state index in [9.17, 15) is 5.11 Å². The molecule has 1 saturated heterocycles. The third kappa shape index (κ3) is 6.18. The van der Waals surface area contributed by atoms with Gasteiger partial charge in [0.25, 0.3) is 0 Å². The molecular weight excluding hydrogens is 343 g/mol. The minimum atomic E-state index is -0.321. The summed E-state index contributed by atoms with van der Waals surface area (Å²) < 4.78 is 0. The summed E-state index contributed by atoms with van der Waals surface area (Å²) in [7, 11) is 4.04. The normalized spacial score (nSPS) is 32.4. The van der Waals surface area contributed by atoms with E-state index in [1.165, 1.54) is 32.1 Å². The Morgan fingerprint density at radius 2 is 1.64 bits per heavy atom. The quantitative estimate of drug-likeness (QED) is 0.769. The number of hydrogen-bond donors (Lipinski definition) is 2. The van der Waals surface area contributed by atoms with Crippen LogP contribution in [0.4, 0.5) is 0 Å². The van der Waals surface area contributed by atoms with Gasteiger partial charge in [-0.2, -0.15) is 18.2 Å². The predicted molar refractivity (Wildman–Crippen MR) is 96.2 cm³/mol. The molecule has 137 valence electrons. The summed E-state index contributed by atoms with van der Waals surface area (Å²) in [6.45, 7) is 2.22. The Morgan fingerprint density at radius 1 is 1.08 bits per heavy atom. The van der Waals surface area contributed by atoms with E-state index in [1.54, 1.807) is 24.3 Å². The molecule has 0 spiro atoms. The zero-order chi connectivity index (χ0) is 17.0. The van der Waals surface area contributed by atoms with E-state index in [4.69, 9.17) is 5.11 Å². The molecule has 1 unspecified atom stereocenters. The maximum Gasteiger partial charge on any atom is 0.0656 e. The monoisotopic (exact) mass is 374 g/mol. The SMILES string of the molecule is Oc1cc[c-]cc1.[CH2-]N1C[C@@H]2CC(O)(CC3CCCCC3)C[C@@H]2C1.[Sc]. The molecular formula is C21H31NO2Sc-2. The van der Waals surface area contributed by atoms with E-state index in [0.717, 1.165) is 50.1 Å². The molecule has 1 radical (unpaired) electrons. The summed E-state index contributed by atoms with van der Waals surface area (Å²) in [6, 6.07) is 9.26. The number of likely N-dealkylation sites (tertiary alicyclic amines) is 1. The molecule has 3 fully saturated rings. The molecule has 2 saturated carbocycles. The molecule has 2 N–H and O–H groups in total. The molecule has 3 aliphatic rings. The Kier molecular flexibility index (Phi) is 8.16. The molecule has 1 aliphatic heterocycles. The van der Waals surface area contributed by atoms with Crippen molar-refractivity contribution in [2.24, 2.45) is 17.8 Å². The molecule has 4 heteroatoms. The molecule has 25 heavy (non-hydrogen) atoms. The number of phenolic OH excluding ortho intramolecular Hbond substituents is 1. The molecule has 3 nitrogen and oxygen atoms in total. The summed E-state index contributed by atoms with van der Waals surface area (Å²) in [5.41, 5.74) is -0.321. The van der Waals surface area contributed by atoms with Gasteiger partial charge in [0.05, 0.1) is 5.60 Å². The summed E-state index contributed by atoms with van der Waals surface area (Å²) in [6.07, 6.45) is 10.1. The number of fused-ring (bicyclic) bond motifs is 1. The van der Waals surface area contributed by atoms with Crippen LogP contribution in [0.1, 0.15) is 51.4 Å². The summed E-state index contributed by atoms with van der Waals surface area (Å²) in [4.78, 5) is 2.19. The molecule has 4 rings (SSSR count). The van der Waals surface area contributed by atoms with E-state index >= 15 is 0 Å². The van der Waals surface area contributed by atoms with Gasteiger partial charge < -0.3 is 15.1 Å². The van der Waals surface area contributed by atoms with Crippen molar-refractivity contribution < 1.29 is 36.1 Å². The first kappa shape index (κ1) is 21.1. The van der Waals surface area contributed by atoms with E-state index in [2.05, 4.69) is 18.0 Å². The number of rotatable bonds is 2. The Labute approximate surface area is 171 Å². The van der Waals surface area contributed by atoms with Crippen LogP contribution in [0.25, 0.3) is 0 Å². The minimum absolute atomic E-state index is 0. The van der Waals surface area contributed by atoms with Crippen molar-refractivity contribution in [3.8, 4) is 5.75 Å². The fraction of sp³-hybridized carbons (Fsp3) is 0.667. The summed E-state index contributed by atoms with van der Waals surface area (Å²) in [5, 5.41) is 19.4. The van der Waals surface area contributed by atoms with E-state index in [1.807, 2.05) is 0 Å². The molecule has 0 bridgehead atoms. The maximum absolute atomic E-state index is 10.8. The van der Waals surface area contributed by atoms with Gasteiger partial charge in [-0.25, -0.2) is 0 Å².